The fourth-order valence-corrected chi connectivity index (χ4v) is 2.01. The number of carbonyl (C=O) groups is 1. The number of carboxylic acid groups (broad SMARTS) is 1. The molecule has 0 aliphatic rings. The molecule has 2 aromatic rings. The quantitative estimate of drug-likeness (QED) is 0.873. The standard InChI is InChI=1S/C17H19NO2/c1-11-7-8-16(9-12(11)2)18-15-6-4-5-14(10-15)13(3)17(19)20/h4-10,13,18H,1-3H3,(H,19,20). The number of nitrogens with one attached hydrogen (secondary N) is 1. The topological polar surface area (TPSA) is 49.3 Å². The van der Waals surface area contributed by atoms with E-state index in [4.69, 9.17) is 5.11 Å². The second-order valence-corrected chi connectivity index (χ2v) is 5.11. The van der Waals surface area contributed by atoms with Crippen LogP contribution < -0.4 is 5.32 Å². The number of aryl methyl sites for hydroxylation is 2. The predicted molar refractivity (Wildman–Crippen MR) is 81.7 cm³/mol. The predicted octanol–water partition coefficient (Wildman–Crippen LogP) is 4.24. The van der Waals surface area contributed by atoms with E-state index in [0.29, 0.717) is 0 Å². The maximum Gasteiger partial charge on any atom is 0.310 e. The molecule has 3 nitrogen and oxygen atoms in total. The minimum Gasteiger partial charge on any atom is -0.481 e. The van der Waals surface area contributed by atoms with E-state index in [-0.39, 0.29) is 0 Å². The summed E-state index contributed by atoms with van der Waals surface area (Å²) in [5, 5.41) is 12.4. The largest absolute Gasteiger partial charge is 0.481 e. The lowest BCUT2D eigenvalue weighted by molar-refractivity contribution is -0.138. The van der Waals surface area contributed by atoms with E-state index in [0.717, 1.165) is 16.9 Å². The Bertz CT molecular complexity index is 635. The van der Waals surface area contributed by atoms with Gasteiger partial charge in [-0.15, -0.1) is 0 Å². The van der Waals surface area contributed by atoms with Crippen LogP contribution in [0, 0.1) is 13.8 Å². The number of anilines is 2. The number of aliphatic carboxylic acids is 1. The van der Waals surface area contributed by atoms with Gasteiger partial charge in [0.05, 0.1) is 5.92 Å². The van der Waals surface area contributed by atoms with Crippen molar-refractivity contribution in [3.05, 3.63) is 59.2 Å². The van der Waals surface area contributed by atoms with Crippen molar-refractivity contribution in [2.24, 2.45) is 0 Å². The first-order chi connectivity index (χ1) is 9.47. The first kappa shape index (κ1) is 14.1. The Morgan fingerprint density at radius 2 is 1.75 bits per heavy atom. The van der Waals surface area contributed by atoms with E-state index in [1.807, 2.05) is 30.3 Å². The van der Waals surface area contributed by atoms with Crippen LogP contribution in [0.25, 0.3) is 0 Å². The average molecular weight is 269 g/mol. The van der Waals surface area contributed by atoms with Crippen molar-refractivity contribution in [1.82, 2.24) is 0 Å². The SMILES string of the molecule is Cc1ccc(Nc2cccc(C(C)C(=O)O)c2)cc1C. The summed E-state index contributed by atoms with van der Waals surface area (Å²) >= 11 is 0. The highest BCUT2D eigenvalue weighted by atomic mass is 16.4. The number of benzene rings is 2. The molecular formula is C17H19NO2. The molecule has 0 aromatic heterocycles. The zero-order valence-corrected chi connectivity index (χ0v) is 12.0. The normalized spacial score (nSPS) is 11.9. The molecular weight excluding hydrogens is 250 g/mol. The number of carboxylic acids is 1. The molecule has 0 radical (unpaired) electrons. The van der Waals surface area contributed by atoms with Crippen molar-refractivity contribution in [3.63, 3.8) is 0 Å². The van der Waals surface area contributed by atoms with E-state index < -0.39 is 11.9 Å². The van der Waals surface area contributed by atoms with Crippen LogP contribution in [0.2, 0.25) is 0 Å². The van der Waals surface area contributed by atoms with E-state index in [9.17, 15) is 4.79 Å². The molecule has 0 aliphatic carbocycles. The van der Waals surface area contributed by atoms with Crippen LogP contribution in [-0.4, -0.2) is 11.1 Å². The van der Waals surface area contributed by atoms with Crippen LogP contribution in [0.4, 0.5) is 11.4 Å². The Labute approximate surface area is 119 Å². The Hall–Kier alpha value is -2.29. The van der Waals surface area contributed by atoms with Crippen LogP contribution in [-0.2, 0) is 4.79 Å². The molecule has 0 aliphatic heterocycles. The molecule has 0 fully saturated rings. The molecule has 104 valence electrons. The van der Waals surface area contributed by atoms with Crippen LogP contribution in [0.5, 0.6) is 0 Å². The Balaban J connectivity index is 2.23. The van der Waals surface area contributed by atoms with Gasteiger partial charge in [0.1, 0.15) is 0 Å². The molecule has 2 rings (SSSR count). The van der Waals surface area contributed by atoms with Gasteiger partial charge in [-0.25, -0.2) is 0 Å². The Morgan fingerprint density at radius 1 is 1.05 bits per heavy atom. The van der Waals surface area contributed by atoms with E-state index in [1.165, 1.54) is 11.1 Å². The average Bonchev–Trinajstić information content (AvgIpc) is 2.42. The molecule has 2 aromatic carbocycles. The summed E-state index contributed by atoms with van der Waals surface area (Å²) in [5.41, 5.74) is 5.19. The van der Waals surface area contributed by atoms with Crippen molar-refractivity contribution < 1.29 is 9.90 Å². The van der Waals surface area contributed by atoms with Gasteiger partial charge in [0.2, 0.25) is 0 Å². The second kappa shape index (κ2) is 5.78. The summed E-state index contributed by atoms with van der Waals surface area (Å²) in [6, 6.07) is 13.7. The van der Waals surface area contributed by atoms with Gasteiger partial charge in [-0.1, -0.05) is 18.2 Å². The first-order valence-electron chi connectivity index (χ1n) is 6.64. The number of rotatable bonds is 4. The summed E-state index contributed by atoms with van der Waals surface area (Å²) in [7, 11) is 0. The summed E-state index contributed by atoms with van der Waals surface area (Å²) in [6.45, 7) is 5.84. The van der Waals surface area contributed by atoms with Crippen molar-refractivity contribution in [1.29, 1.82) is 0 Å². The lowest BCUT2D eigenvalue weighted by atomic mass is 10.0. The van der Waals surface area contributed by atoms with Gasteiger partial charge in [0.25, 0.3) is 0 Å². The molecule has 1 atom stereocenters. The highest BCUT2D eigenvalue weighted by Crippen LogP contribution is 2.23. The minimum absolute atomic E-state index is 0.503. The first-order valence-corrected chi connectivity index (χ1v) is 6.64. The van der Waals surface area contributed by atoms with Crippen molar-refractivity contribution in [3.8, 4) is 0 Å². The lowest BCUT2D eigenvalue weighted by Crippen LogP contribution is -2.07. The van der Waals surface area contributed by atoms with E-state index >= 15 is 0 Å². The van der Waals surface area contributed by atoms with Crippen LogP contribution in [0.15, 0.2) is 42.5 Å². The van der Waals surface area contributed by atoms with Gasteiger partial charge in [-0.3, -0.25) is 4.79 Å². The van der Waals surface area contributed by atoms with Gasteiger partial charge in [0, 0.05) is 11.4 Å². The second-order valence-electron chi connectivity index (χ2n) is 5.11. The lowest BCUT2D eigenvalue weighted by Gasteiger charge is -2.12. The van der Waals surface area contributed by atoms with Gasteiger partial charge in [-0.2, -0.15) is 0 Å². The van der Waals surface area contributed by atoms with Crippen LogP contribution in [0.3, 0.4) is 0 Å². The van der Waals surface area contributed by atoms with E-state index in [1.54, 1.807) is 6.92 Å². The number of hydrogen-bond donors (Lipinski definition) is 2. The van der Waals surface area contributed by atoms with Crippen LogP contribution in [0.1, 0.15) is 29.5 Å². The fraction of sp³-hybridized carbons (Fsp3) is 0.235. The Kier molecular flexibility index (Phi) is 4.08. The molecule has 0 amide bonds. The fourth-order valence-electron chi connectivity index (χ4n) is 2.01. The molecule has 0 heterocycles. The van der Waals surface area contributed by atoms with Gasteiger partial charge < -0.3 is 10.4 Å². The summed E-state index contributed by atoms with van der Waals surface area (Å²) in [6.07, 6.45) is 0. The minimum atomic E-state index is -0.812. The summed E-state index contributed by atoms with van der Waals surface area (Å²) in [4.78, 5) is 11.0. The molecule has 0 saturated carbocycles. The van der Waals surface area contributed by atoms with Crippen molar-refractivity contribution in [2.75, 3.05) is 5.32 Å². The monoisotopic (exact) mass is 269 g/mol. The number of hydrogen-bond acceptors (Lipinski definition) is 2. The smallest absolute Gasteiger partial charge is 0.310 e. The zero-order chi connectivity index (χ0) is 14.7. The third-order valence-electron chi connectivity index (χ3n) is 3.55. The molecule has 0 bridgehead atoms. The third-order valence-corrected chi connectivity index (χ3v) is 3.55. The van der Waals surface area contributed by atoms with Gasteiger partial charge in [-0.05, 0) is 61.7 Å². The summed E-state index contributed by atoms with van der Waals surface area (Å²) < 4.78 is 0. The van der Waals surface area contributed by atoms with Crippen molar-refractivity contribution in [2.45, 2.75) is 26.7 Å². The molecule has 20 heavy (non-hydrogen) atoms. The zero-order valence-electron chi connectivity index (χ0n) is 12.0. The molecule has 2 N–H and O–H groups in total. The maximum atomic E-state index is 11.0. The Morgan fingerprint density at radius 3 is 2.40 bits per heavy atom. The molecule has 1 unspecified atom stereocenters. The highest BCUT2D eigenvalue weighted by molar-refractivity contribution is 5.76. The summed E-state index contributed by atoms with van der Waals surface area (Å²) in [5.74, 6) is -1.31. The van der Waals surface area contributed by atoms with Crippen LogP contribution >= 0.6 is 0 Å². The van der Waals surface area contributed by atoms with E-state index in [2.05, 4.69) is 31.3 Å². The maximum absolute atomic E-state index is 11.0. The molecule has 0 saturated heterocycles. The van der Waals surface area contributed by atoms with Gasteiger partial charge >= 0.3 is 5.97 Å². The molecule has 3 heteroatoms. The highest BCUT2D eigenvalue weighted by Gasteiger charge is 2.13. The molecule has 0 spiro atoms. The van der Waals surface area contributed by atoms with Gasteiger partial charge in [0.15, 0.2) is 0 Å². The third kappa shape index (κ3) is 3.18. The van der Waals surface area contributed by atoms with Crippen molar-refractivity contribution >= 4 is 17.3 Å².